The monoisotopic (exact) mass is 465 g/mol. The van der Waals surface area contributed by atoms with Gasteiger partial charge in [-0.25, -0.2) is 14.6 Å². The van der Waals surface area contributed by atoms with Gasteiger partial charge in [0.15, 0.2) is 0 Å². The van der Waals surface area contributed by atoms with Crippen molar-refractivity contribution in [1.82, 2.24) is 15.6 Å². The van der Waals surface area contributed by atoms with Crippen molar-refractivity contribution >= 4 is 29.3 Å². The Bertz CT molecular complexity index is 1150. The summed E-state index contributed by atoms with van der Waals surface area (Å²) in [5.41, 5.74) is 4.58. The van der Waals surface area contributed by atoms with Crippen molar-refractivity contribution in [3.63, 3.8) is 0 Å². The van der Waals surface area contributed by atoms with E-state index in [-0.39, 0.29) is 30.4 Å². The Morgan fingerprint density at radius 1 is 1.09 bits per heavy atom. The van der Waals surface area contributed by atoms with Crippen LogP contribution in [0.4, 0.5) is 4.79 Å². The molecule has 2 aromatic carbocycles. The maximum Gasteiger partial charge on any atom is 0.407 e. The highest BCUT2D eigenvalue weighted by Gasteiger charge is 2.29. The summed E-state index contributed by atoms with van der Waals surface area (Å²) >= 11 is 1.09. The molecule has 1 heterocycles. The number of nitrogens with one attached hydrogen (secondary N) is 2. The van der Waals surface area contributed by atoms with E-state index in [0.717, 1.165) is 33.6 Å². The van der Waals surface area contributed by atoms with Crippen molar-refractivity contribution in [3.8, 4) is 11.1 Å². The summed E-state index contributed by atoms with van der Waals surface area (Å²) in [4.78, 5) is 40.0. The molecule has 0 fully saturated rings. The second kappa shape index (κ2) is 9.83. The zero-order valence-corrected chi connectivity index (χ0v) is 18.7. The zero-order chi connectivity index (χ0) is 23.4. The maximum absolute atomic E-state index is 12.3. The minimum absolute atomic E-state index is 0.0287. The van der Waals surface area contributed by atoms with E-state index in [1.165, 1.54) is 6.20 Å². The fourth-order valence-electron chi connectivity index (χ4n) is 3.86. The lowest BCUT2D eigenvalue weighted by molar-refractivity contribution is -0.139. The van der Waals surface area contributed by atoms with Gasteiger partial charge in [-0.2, -0.15) is 0 Å². The summed E-state index contributed by atoms with van der Waals surface area (Å²) in [5, 5.41) is 14.7. The summed E-state index contributed by atoms with van der Waals surface area (Å²) < 4.78 is 5.49. The number of amides is 2. The molecule has 0 aliphatic heterocycles. The molecule has 3 N–H and O–H groups in total. The number of nitrogens with zero attached hydrogens (tertiary/aromatic N) is 1. The van der Waals surface area contributed by atoms with Crippen molar-refractivity contribution in [2.45, 2.75) is 31.8 Å². The number of carbonyl (C=O) groups excluding carboxylic acids is 2. The van der Waals surface area contributed by atoms with Crippen LogP contribution in [0.3, 0.4) is 0 Å². The van der Waals surface area contributed by atoms with Gasteiger partial charge < -0.3 is 20.5 Å². The molecule has 1 atom stereocenters. The van der Waals surface area contributed by atoms with Crippen LogP contribution in [0.2, 0.25) is 0 Å². The van der Waals surface area contributed by atoms with Gasteiger partial charge in [0.05, 0.1) is 12.7 Å². The van der Waals surface area contributed by atoms with E-state index in [9.17, 15) is 14.4 Å². The SMILES string of the molecule is CCC(NC(=O)c1cnc(CNC(=O)OCC2c3ccccc3-c3ccccc32)s1)C(=O)O. The number of hydrogen-bond donors (Lipinski definition) is 3. The van der Waals surface area contributed by atoms with Gasteiger partial charge in [-0.05, 0) is 28.7 Å². The molecule has 0 saturated carbocycles. The second-order valence-corrected chi connectivity index (χ2v) is 8.69. The van der Waals surface area contributed by atoms with Gasteiger partial charge in [0.2, 0.25) is 0 Å². The summed E-state index contributed by atoms with van der Waals surface area (Å²) in [7, 11) is 0. The van der Waals surface area contributed by atoms with Crippen LogP contribution in [-0.4, -0.2) is 40.7 Å². The van der Waals surface area contributed by atoms with Crippen LogP contribution in [0.25, 0.3) is 11.1 Å². The lowest BCUT2D eigenvalue weighted by atomic mass is 9.98. The van der Waals surface area contributed by atoms with Gasteiger partial charge in [0.25, 0.3) is 5.91 Å². The van der Waals surface area contributed by atoms with E-state index in [1.54, 1.807) is 6.92 Å². The number of thiazole rings is 1. The van der Waals surface area contributed by atoms with Crippen molar-refractivity contribution < 1.29 is 24.2 Å². The minimum Gasteiger partial charge on any atom is -0.480 e. The first kappa shape index (κ1) is 22.5. The highest BCUT2D eigenvalue weighted by atomic mass is 32.1. The van der Waals surface area contributed by atoms with E-state index in [4.69, 9.17) is 9.84 Å². The number of carboxylic acid groups (broad SMARTS) is 1. The number of carbonyl (C=O) groups is 3. The average Bonchev–Trinajstić information content (AvgIpc) is 3.42. The predicted molar refractivity (Wildman–Crippen MR) is 123 cm³/mol. The molecule has 1 aromatic heterocycles. The van der Waals surface area contributed by atoms with Crippen LogP contribution >= 0.6 is 11.3 Å². The Balaban J connectivity index is 1.31. The molecule has 0 spiro atoms. The first-order valence-electron chi connectivity index (χ1n) is 10.5. The van der Waals surface area contributed by atoms with Crippen molar-refractivity contribution in [3.05, 3.63) is 75.7 Å². The molecular formula is C24H23N3O5S. The Morgan fingerprint density at radius 2 is 1.73 bits per heavy atom. The number of fused-ring (bicyclic) bond motifs is 3. The number of ether oxygens (including phenoxy) is 1. The molecule has 0 bridgehead atoms. The quantitative estimate of drug-likeness (QED) is 0.466. The van der Waals surface area contributed by atoms with Gasteiger partial charge in [0, 0.05) is 5.92 Å². The number of rotatable bonds is 8. The molecule has 1 aliphatic rings. The summed E-state index contributed by atoms with van der Waals surface area (Å²) in [5.74, 6) is -1.62. The third-order valence-corrected chi connectivity index (χ3v) is 6.51. The van der Waals surface area contributed by atoms with Gasteiger partial charge in [-0.1, -0.05) is 55.5 Å². The van der Waals surface area contributed by atoms with Crippen LogP contribution in [-0.2, 0) is 16.1 Å². The van der Waals surface area contributed by atoms with Crippen LogP contribution in [0.15, 0.2) is 54.7 Å². The van der Waals surface area contributed by atoms with Crippen molar-refractivity contribution in [1.29, 1.82) is 0 Å². The standard InChI is InChI=1S/C24H23N3O5S/c1-2-19(23(29)30)27-22(28)20-11-25-21(33-20)12-26-24(31)32-13-18-16-9-5-3-7-14(16)15-8-4-6-10-17(15)18/h3-11,18-19H,2,12-13H2,1H3,(H,26,31)(H,27,28)(H,29,30). The summed E-state index contributed by atoms with van der Waals surface area (Å²) in [6, 6.07) is 15.2. The lowest BCUT2D eigenvalue weighted by Gasteiger charge is -2.14. The third-order valence-electron chi connectivity index (χ3n) is 5.52. The molecule has 0 radical (unpaired) electrons. The molecule has 9 heteroatoms. The first-order chi connectivity index (χ1) is 16.0. The number of hydrogen-bond acceptors (Lipinski definition) is 6. The van der Waals surface area contributed by atoms with E-state index < -0.39 is 24.0 Å². The molecule has 0 saturated heterocycles. The topological polar surface area (TPSA) is 118 Å². The zero-order valence-electron chi connectivity index (χ0n) is 17.9. The highest BCUT2D eigenvalue weighted by Crippen LogP contribution is 2.44. The lowest BCUT2D eigenvalue weighted by Crippen LogP contribution is -2.39. The highest BCUT2D eigenvalue weighted by molar-refractivity contribution is 7.13. The predicted octanol–water partition coefficient (Wildman–Crippen LogP) is 3.77. The Hall–Kier alpha value is -3.72. The van der Waals surface area contributed by atoms with Gasteiger partial charge in [-0.15, -0.1) is 11.3 Å². The average molecular weight is 466 g/mol. The van der Waals surface area contributed by atoms with Gasteiger partial charge in [0.1, 0.15) is 22.5 Å². The minimum atomic E-state index is -1.09. The Morgan fingerprint density at radius 3 is 2.33 bits per heavy atom. The fraction of sp³-hybridized carbons (Fsp3) is 0.250. The van der Waals surface area contributed by atoms with Crippen molar-refractivity contribution in [2.75, 3.05) is 6.61 Å². The number of aliphatic carboxylic acids is 1. The second-order valence-electron chi connectivity index (χ2n) is 7.57. The maximum atomic E-state index is 12.3. The smallest absolute Gasteiger partial charge is 0.407 e. The summed E-state index contributed by atoms with van der Waals surface area (Å²) in [6.07, 6.45) is 1.06. The number of benzene rings is 2. The fourth-order valence-corrected chi connectivity index (χ4v) is 4.62. The van der Waals surface area contributed by atoms with Gasteiger partial charge >= 0.3 is 12.1 Å². The first-order valence-corrected chi connectivity index (χ1v) is 11.4. The van der Waals surface area contributed by atoms with E-state index >= 15 is 0 Å². The van der Waals surface area contributed by atoms with Crippen molar-refractivity contribution in [2.24, 2.45) is 0 Å². The molecule has 2 amide bonds. The molecule has 1 aliphatic carbocycles. The molecule has 4 rings (SSSR count). The van der Waals surface area contributed by atoms with Crippen LogP contribution in [0.5, 0.6) is 0 Å². The van der Waals surface area contributed by atoms with E-state index in [1.807, 2.05) is 24.3 Å². The largest absolute Gasteiger partial charge is 0.480 e. The van der Waals surface area contributed by atoms with Gasteiger partial charge in [-0.3, -0.25) is 4.79 Å². The number of carboxylic acids is 1. The molecule has 33 heavy (non-hydrogen) atoms. The van der Waals surface area contributed by atoms with Crippen LogP contribution in [0.1, 0.15) is 45.1 Å². The third kappa shape index (κ3) is 4.88. The van der Waals surface area contributed by atoms with E-state index in [0.29, 0.717) is 5.01 Å². The van der Waals surface area contributed by atoms with Crippen LogP contribution in [0, 0.1) is 0 Å². The number of aromatic nitrogens is 1. The number of alkyl carbamates (subject to hydrolysis) is 1. The molecule has 8 nitrogen and oxygen atoms in total. The molecule has 3 aromatic rings. The summed E-state index contributed by atoms with van der Waals surface area (Å²) in [6.45, 7) is 1.99. The Kier molecular flexibility index (Phi) is 6.69. The molecular weight excluding hydrogens is 442 g/mol. The van der Waals surface area contributed by atoms with E-state index in [2.05, 4.69) is 39.9 Å². The van der Waals surface area contributed by atoms with Crippen LogP contribution < -0.4 is 10.6 Å². The molecule has 170 valence electrons. The Labute approximate surface area is 194 Å². The molecule has 1 unspecified atom stereocenters. The normalized spacial score (nSPS) is 13.0.